The summed E-state index contributed by atoms with van der Waals surface area (Å²) in [5.74, 6) is 1.19. The van der Waals surface area contributed by atoms with Gasteiger partial charge in [-0.2, -0.15) is 4.52 Å². The molecule has 10 heteroatoms. The summed E-state index contributed by atoms with van der Waals surface area (Å²) >= 11 is 1.32. The Kier molecular flexibility index (Phi) is 4.36. The van der Waals surface area contributed by atoms with Crippen molar-refractivity contribution in [3.63, 3.8) is 0 Å². The van der Waals surface area contributed by atoms with E-state index in [1.54, 1.807) is 16.9 Å². The molecule has 0 radical (unpaired) electrons. The second-order valence-corrected chi connectivity index (χ2v) is 8.16. The minimum Gasteiger partial charge on any atom is -0.391 e. The third-order valence-corrected chi connectivity index (χ3v) is 6.23. The third-order valence-electron chi connectivity index (χ3n) is 5.17. The quantitative estimate of drug-likeness (QED) is 0.688. The van der Waals surface area contributed by atoms with Crippen LogP contribution in [0, 0.1) is 0 Å². The minimum absolute atomic E-state index is 0.237. The topological polar surface area (TPSA) is 98.9 Å². The maximum atomic E-state index is 12.7. The van der Waals surface area contributed by atoms with Crippen LogP contribution in [-0.4, -0.2) is 62.9 Å². The van der Waals surface area contributed by atoms with Crippen molar-refractivity contribution in [2.24, 2.45) is 0 Å². The lowest BCUT2D eigenvalue weighted by atomic mass is 10.3. The van der Waals surface area contributed by atoms with Crippen LogP contribution in [-0.2, 0) is 0 Å². The fourth-order valence-corrected chi connectivity index (χ4v) is 4.52. The number of rotatable bonds is 4. The standard InChI is InChI=1S/C18H21N7O2S/c26-12-5-8-24(11-12)18-20-9-13(28-18)17(27)21-16-10-19-14-3-4-15(22-25(14)16)23-6-1-2-7-23/h3-4,9-10,12,26H,1-2,5-8,11H2,(H,21,27)/t12-/m0/s1. The van der Waals surface area contributed by atoms with Gasteiger partial charge in [-0.3, -0.25) is 4.79 Å². The minimum atomic E-state index is -0.324. The monoisotopic (exact) mass is 399 g/mol. The number of hydrogen-bond acceptors (Lipinski definition) is 8. The highest BCUT2D eigenvalue weighted by Crippen LogP contribution is 2.27. The summed E-state index contributed by atoms with van der Waals surface area (Å²) in [6, 6.07) is 3.89. The molecule has 3 aromatic rings. The van der Waals surface area contributed by atoms with E-state index in [1.807, 2.05) is 17.0 Å². The molecule has 2 fully saturated rings. The van der Waals surface area contributed by atoms with Crippen LogP contribution in [0.1, 0.15) is 28.9 Å². The Labute approximate surface area is 165 Å². The van der Waals surface area contributed by atoms with Crippen molar-refractivity contribution in [3.8, 4) is 0 Å². The predicted molar refractivity (Wildman–Crippen MR) is 107 cm³/mol. The van der Waals surface area contributed by atoms with Gasteiger partial charge in [-0.15, -0.1) is 5.10 Å². The Morgan fingerprint density at radius 2 is 2.00 bits per heavy atom. The molecule has 146 valence electrons. The van der Waals surface area contributed by atoms with Crippen molar-refractivity contribution in [1.29, 1.82) is 0 Å². The molecule has 1 atom stereocenters. The van der Waals surface area contributed by atoms with Crippen LogP contribution in [0.25, 0.3) is 5.65 Å². The van der Waals surface area contributed by atoms with E-state index in [4.69, 9.17) is 0 Å². The molecular formula is C18H21N7O2S. The first-order valence-corrected chi connectivity index (χ1v) is 10.3. The first-order valence-electron chi connectivity index (χ1n) is 9.47. The van der Waals surface area contributed by atoms with Gasteiger partial charge in [0.25, 0.3) is 5.91 Å². The van der Waals surface area contributed by atoms with E-state index in [0.717, 1.165) is 37.0 Å². The number of carbonyl (C=O) groups is 1. The number of thiazole rings is 1. The normalized spacial score (nSPS) is 19.7. The van der Waals surface area contributed by atoms with E-state index in [0.29, 0.717) is 22.9 Å². The van der Waals surface area contributed by atoms with Gasteiger partial charge in [-0.1, -0.05) is 11.3 Å². The molecule has 2 aliphatic heterocycles. The number of nitrogens with one attached hydrogen (secondary N) is 1. The van der Waals surface area contributed by atoms with Crippen molar-refractivity contribution in [3.05, 3.63) is 29.4 Å². The summed E-state index contributed by atoms with van der Waals surface area (Å²) in [6.45, 7) is 3.32. The van der Waals surface area contributed by atoms with Crippen molar-refractivity contribution in [2.75, 3.05) is 41.3 Å². The molecule has 0 bridgehead atoms. The van der Waals surface area contributed by atoms with Gasteiger partial charge in [-0.05, 0) is 31.4 Å². The second kappa shape index (κ2) is 7.02. The molecule has 0 spiro atoms. The first kappa shape index (κ1) is 17.4. The van der Waals surface area contributed by atoms with Crippen LogP contribution in [0.3, 0.4) is 0 Å². The Balaban J connectivity index is 1.35. The molecule has 1 amide bonds. The summed E-state index contributed by atoms with van der Waals surface area (Å²) in [4.78, 5) is 26.1. The van der Waals surface area contributed by atoms with Crippen LogP contribution in [0.5, 0.6) is 0 Å². The molecule has 5 heterocycles. The number of β-amino-alcohol motifs (C(OH)–C–C–N with tert-alkyl or cyclic N) is 1. The zero-order chi connectivity index (χ0) is 19.1. The highest BCUT2D eigenvalue weighted by Gasteiger charge is 2.24. The number of imidazole rings is 1. The number of carbonyl (C=O) groups excluding carboxylic acids is 1. The summed E-state index contributed by atoms with van der Waals surface area (Å²) in [5, 5.41) is 18.0. The van der Waals surface area contributed by atoms with E-state index >= 15 is 0 Å². The number of nitrogens with zero attached hydrogens (tertiary/aromatic N) is 6. The molecule has 28 heavy (non-hydrogen) atoms. The maximum absolute atomic E-state index is 12.7. The van der Waals surface area contributed by atoms with Gasteiger partial charge in [0, 0.05) is 26.2 Å². The zero-order valence-electron chi connectivity index (χ0n) is 15.3. The summed E-state index contributed by atoms with van der Waals surface area (Å²) in [7, 11) is 0. The van der Waals surface area contributed by atoms with Crippen LogP contribution >= 0.6 is 11.3 Å². The van der Waals surface area contributed by atoms with Crippen LogP contribution in [0.15, 0.2) is 24.5 Å². The summed E-state index contributed by atoms with van der Waals surface area (Å²) in [6.07, 6.45) is 5.95. The first-order chi connectivity index (χ1) is 13.7. The number of anilines is 3. The molecule has 5 rings (SSSR count). The van der Waals surface area contributed by atoms with Crippen LogP contribution in [0.4, 0.5) is 16.8 Å². The largest absolute Gasteiger partial charge is 0.391 e. The Bertz CT molecular complexity index is 1010. The lowest BCUT2D eigenvalue weighted by molar-refractivity contribution is 0.102. The molecule has 0 unspecified atom stereocenters. The number of fused-ring (bicyclic) bond motifs is 1. The van der Waals surface area contributed by atoms with Crippen molar-refractivity contribution < 1.29 is 9.90 Å². The van der Waals surface area contributed by atoms with E-state index in [9.17, 15) is 9.90 Å². The average Bonchev–Trinajstić information content (AvgIpc) is 3.48. The smallest absolute Gasteiger partial charge is 0.268 e. The van der Waals surface area contributed by atoms with Gasteiger partial charge >= 0.3 is 0 Å². The summed E-state index contributed by atoms with van der Waals surface area (Å²) < 4.78 is 1.67. The fraction of sp³-hybridized carbons (Fsp3) is 0.444. The van der Waals surface area contributed by atoms with E-state index < -0.39 is 0 Å². The third kappa shape index (κ3) is 3.18. The Morgan fingerprint density at radius 1 is 1.14 bits per heavy atom. The van der Waals surface area contributed by atoms with Crippen LogP contribution in [0.2, 0.25) is 0 Å². The lowest BCUT2D eigenvalue weighted by Crippen LogP contribution is -2.20. The molecule has 0 aliphatic carbocycles. The van der Waals surface area contributed by atoms with Crippen molar-refractivity contribution >= 4 is 39.7 Å². The second-order valence-electron chi connectivity index (χ2n) is 7.15. The number of aliphatic hydroxyl groups excluding tert-OH is 1. The van der Waals surface area contributed by atoms with Crippen molar-refractivity contribution in [1.82, 2.24) is 19.6 Å². The van der Waals surface area contributed by atoms with Crippen LogP contribution < -0.4 is 15.1 Å². The van der Waals surface area contributed by atoms with E-state index in [-0.39, 0.29) is 12.0 Å². The average molecular weight is 399 g/mol. The molecule has 3 aromatic heterocycles. The van der Waals surface area contributed by atoms with E-state index in [1.165, 1.54) is 24.2 Å². The molecule has 0 saturated carbocycles. The molecular weight excluding hydrogens is 378 g/mol. The molecule has 0 aromatic carbocycles. The fourth-order valence-electron chi connectivity index (χ4n) is 3.67. The summed E-state index contributed by atoms with van der Waals surface area (Å²) in [5.41, 5.74) is 0.689. The van der Waals surface area contributed by atoms with Gasteiger partial charge in [0.1, 0.15) is 10.7 Å². The van der Waals surface area contributed by atoms with Gasteiger partial charge in [0.2, 0.25) is 0 Å². The molecule has 2 N–H and O–H groups in total. The molecule has 2 aliphatic rings. The Hall–Kier alpha value is -2.72. The SMILES string of the molecule is O=C(Nc1cnc2ccc(N3CCCC3)nn12)c1cnc(N2CC[C@H](O)C2)s1. The lowest BCUT2D eigenvalue weighted by Gasteiger charge is -2.16. The molecule has 2 saturated heterocycles. The zero-order valence-corrected chi connectivity index (χ0v) is 16.1. The molecule has 9 nitrogen and oxygen atoms in total. The van der Waals surface area contributed by atoms with Gasteiger partial charge in [0.05, 0.1) is 18.5 Å². The maximum Gasteiger partial charge on any atom is 0.268 e. The van der Waals surface area contributed by atoms with Crippen molar-refractivity contribution in [2.45, 2.75) is 25.4 Å². The van der Waals surface area contributed by atoms with E-state index in [2.05, 4.69) is 25.3 Å². The number of aromatic nitrogens is 4. The highest BCUT2D eigenvalue weighted by molar-refractivity contribution is 7.17. The van der Waals surface area contributed by atoms with Gasteiger partial charge < -0.3 is 20.2 Å². The Morgan fingerprint density at radius 3 is 2.79 bits per heavy atom. The van der Waals surface area contributed by atoms with Gasteiger partial charge in [-0.25, -0.2) is 9.97 Å². The van der Waals surface area contributed by atoms with Gasteiger partial charge in [0.15, 0.2) is 16.6 Å². The number of aliphatic hydroxyl groups is 1. The highest BCUT2D eigenvalue weighted by atomic mass is 32.1. The number of amides is 1. The predicted octanol–water partition coefficient (Wildman–Crippen LogP) is 1.61. The number of hydrogen-bond donors (Lipinski definition) is 2.